The zero-order chi connectivity index (χ0) is 13.5. The molecule has 0 saturated heterocycles. The van der Waals surface area contributed by atoms with E-state index in [1.165, 1.54) is 0 Å². The van der Waals surface area contributed by atoms with Crippen LogP contribution in [0.25, 0.3) is 0 Å². The lowest BCUT2D eigenvalue weighted by Crippen LogP contribution is -2.43. The second kappa shape index (κ2) is 7.36. The van der Waals surface area contributed by atoms with Crippen LogP contribution in [0.15, 0.2) is 0 Å². The molecule has 1 saturated carbocycles. The van der Waals surface area contributed by atoms with E-state index in [0.29, 0.717) is 6.54 Å². The maximum Gasteiger partial charge on any atom is 0.224 e. The summed E-state index contributed by atoms with van der Waals surface area (Å²) in [6.07, 6.45) is 5.02. The summed E-state index contributed by atoms with van der Waals surface area (Å²) in [5, 5.41) is 3.04. The second-order valence-electron chi connectivity index (χ2n) is 5.18. The molecule has 0 heterocycles. The van der Waals surface area contributed by atoms with E-state index < -0.39 is 0 Å². The van der Waals surface area contributed by atoms with Crippen LogP contribution in [0, 0.1) is 11.8 Å². The van der Waals surface area contributed by atoms with Gasteiger partial charge in [0.2, 0.25) is 11.8 Å². The van der Waals surface area contributed by atoms with Crippen LogP contribution in [0.5, 0.6) is 0 Å². The zero-order valence-electron chi connectivity index (χ0n) is 11.2. The van der Waals surface area contributed by atoms with Crippen molar-refractivity contribution in [2.45, 2.75) is 51.5 Å². The number of amides is 2. The molecule has 1 atom stereocenters. The van der Waals surface area contributed by atoms with Gasteiger partial charge >= 0.3 is 0 Å². The summed E-state index contributed by atoms with van der Waals surface area (Å²) < 4.78 is 0. The number of nitrogens with two attached hydrogens (primary N) is 2. The Kier molecular flexibility index (Phi) is 6.12. The molecular formula is C13H25N3O2. The third-order valence-corrected chi connectivity index (χ3v) is 3.77. The maximum atomic E-state index is 12.0. The fourth-order valence-corrected chi connectivity index (χ4v) is 2.55. The quantitative estimate of drug-likeness (QED) is 0.645. The Morgan fingerprint density at radius 1 is 1.28 bits per heavy atom. The third-order valence-electron chi connectivity index (χ3n) is 3.77. The lowest BCUT2D eigenvalue weighted by atomic mass is 9.85. The summed E-state index contributed by atoms with van der Waals surface area (Å²) in [4.78, 5) is 23.0. The van der Waals surface area contributed by atoms with Crippen molar-refractivity contribution in [2.75, 3.05) is 6.54 Å². The van der Waals surface area contributed by atoms with Crippen molar-refractivity contribution in [1.29, 1.82) is 0 Å². The van der Waals surface area contributed by atoms with E-state index >= 15 is 0 Å². The summed E-state index contributed by atoms with van der Waals surface area (Å²) in [7, 11) is 0. The predicted octanol–water partition coefficient (Wildman–Crippen LogP) is 0.522. The van der Waals surface area contributed by atoms with Crippen LogP contribution in [0.2, 0.25) is 0 Å². The first-order chi connectivity index (χ1) is 8.58. The number of hydrogen-bond acceptors (Lipinski definition) is 3. The lowest BCUT2D eigenvalue weighted by molar-refractivity contribution is -0.126. The summed E-state index contributed by atoms with van der Waals surface area (Å²) in [5.74, 6) is -0.254. The first kappa shape index (κ1) is 15.0. The Hall–Kier alpha value is -1.10. The minimum atomic E-state index is -0.217. The predicted molar refractivity (Wildman–Crippen MR) is 70.5 cm³/mol. The van der Waals surface area contributed by atoms with Gasteiger partial charge in [0.05, 0.1) is 5.92 Å². The molecule has 0 radical (unpaired) electrons. The average Bonchev–Trinajstić information content (AvgIpc) is 2.36. The molecule has 0 aliphatic heterocycles. The fraction of sp³-hybridized carbons (Fsp3) is 0.846. The largest absolute Gasteiger partial charge is 0.369 e. The second-order valence-corrected chi connectivity index (χ2v) is 5.18. The van der Waals surface area contributed by atoms with Gasteiger partial charge in [-0.05, 0) is 32.1 Å². The van der Waals surface area contributed by atoms with E-state index in [1.54, 1.807) is 0 Å². The third kappa shape index (κ3) is 4.29. The SMILES string of the molecule is CCCC(CN)C(=O)NC1CCC(C(N)=O)CC1. The van der Waals surface area contributed by atoms with Crippen molar-refractivity contribution in [3.8, 4) is 0 Å². The molecule has 5 nitrogen and oxygen atoms in total. The topological polar surface area (TPSA) is 98.2 Å². The van der Waals surface area contributed by atoms with Crippen LogP contribution in [-0.2, 0) is 9.59 Å². The molecule has 0 spiro atoms. The van der Waals surface area contributed by atoms with Gasteiger partial charge < -0.3 is 16.8 Å². The molecule has 104 valence electrons. The highest BCUT2D eigenvalue weighted by molar-refractivity contribution is 5.79. The van der Waals surface area contributed by atoms with E-state index in [0.717, 1.165) is 38.5 Å². The molecule has 1 unspecified atom stereocenters. The van der Waals surface area contributed by atoms with Gasteiger partial charge in [-0.3, -0.25) is 9.59 Å². The summed E-state index contributed by atoms with van der Waals surface area (Å²) in [6.45, 7) is 2.45. The van der Waals surface area contributed by atoms with Crippen molar-refractivity contribution in [2.24, 2.45) is 23.3 Å². The monoisotopic (exact) mass is 255 g/mol. The molecule has 0 aromatic heterocycles. The van der Waals surface area contributed by atoms with Gasteiger partial charge in [0.25, 0.3) is 0 Å². The Morgan fingerprint density at radius 2 is 1.89 bits per heavy atom. The fourth-order valence-electron chi connectivity index (χ4n) is 2.55. The van der Waals surface area contributed by atoms with E-state index in [4.69, 9.17) is 11.5 Å². The summed E-state index contributed by atoms with van der Waals surface area (Å²) in [6, 6.07) is 0.180. The Bertz CT molecular complexity index is 286. The molecule has 2 amide bonds. The van der Waals surface area contributed by atoms with Crippen LogP contribution in [-0.4, -0.2) is 24.4 Å². The van der Waals surface area contributed by atoms with Gasteiger partial charge in [0.1, 0.15) is 0 Å². The first-order valence-corrected chi connectivity index (χ1v) is 6.88. The molecular weight excluding hydrogens is 230 g/mol. The highest BCUT2D eigenvalue weighted by atomic mass is 16.2. The van der Waals surface area contributed by atoms with Crippen LogP contribution in [0.1, 0.15) is 45.4 Å². The Morgan fingerprint density at radius 3 is 2.33 bits per heavy atom. The van der Waals surface area contributed by atoms with Crippen molar-refractivity contribution < 1.29 is 9.59 Å². The molecule has 18 heavy (non-hydrogen) atoms. The molecule has 1 aliphatic rings. The molecule has 0 aromatic carbocycles. The average molecular weight is 255 g/mol. The van der Waals surface area contributed by atoms with Crippen molar-refractivity contribution in [3.63, 3.8) is 0 Å². The van der Waals surface area contributed by atoms with Crippen LogP contribution >= 0.6 is 0 Å². The number of carbonyl (C=O) groups excluding carboxylic acids is 2. The summed E-state index contributed by atoms with van der Waals surface area (Å²) in [5.41, 5.74) is 10.9. The minimum Gasteiger partial charge on any atom is -0.369 e. The van der Waals surface area contributed by atoms with Gasteiger partial charge in [-0.15, -0.1) is 0 Å². The number of primary amides is 1. The van der Waals surface area contributed by atoms with Gasteiger partial charge in [-0.25, -0.2) is 0 Å². The van der Waals surface area contributed by atoms with Crippen LogP contribution in [0.3, 0.4) is 0 Å². The zero-order valence-corrected chi connectivity index (χ0v) is 11.2. The normalized spacial score (nSPS) is 25.4. The van der Waals surface area contributed by atoms with Crippen LogP contribution < -0.4 is 16.8 Å². The number of hydrogen-bond donors (Lipinski definition) is 3. The highest BCUT2D eigenvalue weighted by Gasteiger charge is 2.27. The van der Waals surface area contributed by atoms with Gasteiger partial charge in [-0.2, -0.15) is 0 Å². The Balaban J connectivity index is 2.35. The van der Waals surface area contributed by atoms with E-state index in [-0.39, 0.29) is 29.7 Å². The lowest BCUT2D eigenvalue weighted by Gasteiger charge is -2.28. The maximum absolute atomic E-state index is 12.0. The number of rotatable bonds is 6. The molecule has 5 heteroatoms. The number of carbonyl (C=O) groups is 2. The molecule has 1 rings (SSSR count). The standard InChI is InChI=1S/C13H25N3O2/c1-2-3-10(8-14)13(18)16-11-6-4-9(5-7-11)12(15)17/h9-11H,2-8,14H2,1H3,(H2,15,17)(H,16,18). The molecule has 1 fully saturated rings. The van der Waals surface area contributed by atoms with E-state index in [1.807, 2.05) is 6.92 Å². The van der Waals surface area contributed by atoms with E-state index in [9.17, 15) is 9.59 Å². The molecule has 1 aliphatic carbocycles. The minimum absolute atomic E-state index is 0.0147. The van der Waals surface area contributed by atoms with Gasteiger partial charge in [0.15, 0.2) is 0 Å². The molecule has 0 aromatic rings. The van der Waals surface area contributed by atoms with Gasteiger partial charge in [-0.1, -0.05) is 13.3 Å². The smallest absolute Gasteiger partial charge is 0.224 e. The highest BCUT2D eigenvalue weighted by Crippen LogP contribution is 2.24. The number of nitrogens with one attached hydrogen (secondary N) is 1. The summed E-state index contributed by atoms with van der Waals surface area (Å²) >= 11 is 0. The first-order valence-electron chi connectivity index (χ1n) is 6.88. The van der Waals surface area contributed by atoms with Crippen molar-refractivity contribution in [1.82, 2.24) is 5.32 Å². The Labute approximate surface area is 109 Å². The van der Waals surface area contributed by atoms with Crippen molar-refractivity contribution in [3.05, 3.63) is 0 Å². The van der Waals surface area contributed by atoms with Crippen molar-refractivity contribution >= 4 is 11.8 Å². The molecule has 5 N–H and O–H groups in total. The molecule has 0 bridgehead atoms. The van der Waals surface area contributed by atoms with E-state index in [2.05, 4.69) is 5.32 Å². The van der Waals surface area contributed by atoms with Gasteiger partial charge in [0, 0.05) is 18.5 Å². The van der Waals surface area contributed by atoms with Crippen LogP contribution in [0.4, 0.5) is 0 Å².